The molecule has 19 heavy (non-hydrogen) atoms. The molecule has 0 fully saturated rings. The molecule has 0 saturated carbocycles. The molecule has 1 rings (SSSR count). The van der Waals surface area contributed by atoms with Crippen molar-refractivity contribution in [2.75, 3.05) is 12.3 Å². The molecule has 0 aliphatic heterocycles. The average molecular weight is 263 g/mol. The van der Waals surface area contributed by atoms with Gasteiger partial charge in [0.15, 0.2) is 0 Å². The van der Waals surface area contributed by atoms with E-state index in [0.717, 1.165) is 31.2 Å². The number of nitrogens with two attached hydrogens (primary N) is 2. The van der Waals surface area contributed by atoms with Gasteiger partial charge in [-0.25, -0.2) is 4.98 Å². The Labute approximate surface area is 115 Å². The van der Waals surface area contributed by atoms with Crippen molar-refractivity contribution in [2.45, 2.75) is 45.4 Å². The van der Waals surface area contributed by atoms with Crippen LogP contribution in [0.5, 0.6) is 0 Å². The van der Waals surface area contributed by atoms with Gasteiger partial charge in [-0.3, -0.25) is 4.79 Å². The highest BCUT2D eigenvalue weighted by molar-refractivity contribution is 5.81. The quantitative estimate of drug-likeness (QED) is 0.716. The average Bonchev–Trinajstić information content (AvgIpc) is 2.39. The van der Waals surface area contributed by atoms with Crippen LogP contribution < -0.4 is 11.5 Å². The molecule has 4 nitrogen and oxygen atoms in total. The Kier molecular flexibility index (Phi) is 7.11. The van der Waals surface area contributed by atoms with Crippen LogP contribution in [0.25, 0.3) is 0 Å². The molecule has 1 aromatic rings. The number of ketones is 1. The molecule has 0 aliphatic rings. The summed E-state index contributed by atoms with van der Waals surface area (Å²) in [6.45, 7) is 2.87. The lowest BCUT2D eigenvalue weighted by molar-refractivity contribution is -0.118. The van der Waals surface area contributed by atoms with Crippen LogP contribution in [0, 0.1) is 5.92 Å². The molecule has 1 aromatic heterocycles. The second-order valence-corrected chi connectivity index (χ2v) is 5.03. The maximum Gasteiger partial charge on any atom is 0.137 e. The number of Topliss-reactive ketones (excluding diaryl/α,β-unsaturated/α-hetero) is 1. The number of hydrogen-bond donors (Lipinski definition) is 2. The van der Waals surface area contributed by atoms with Gasteiger partial charge in [-0.15, -0.1) is 0 Å². The van der Waals surface area contributed by atoms with E-state index < -0.39 is 0 Å². The maximum absolute atomic E-state index is 12.0. The fourth-order valence-electron chi connectivity index (χ4n) is 2.34. The number of rotatable bonds is 9. The number of anilines is 1. The fourth-order valence-corrected chi connectivity index (χ4v) is 2.34. The zero-order valence-electron chi connectivity index (χ0n) is 11.8. The van der Waals surface area contributed by atoms with Crippen molar-refractivity contribution in [2.24, 2.45) is 11.7 Å². The van der Waals surface area contributed by atoms with Crippen molar-refractivity contribution in [3.05, 3.63) is 23.9 Å². The van der Waals surface area contributed by atoms with E-state index in [9.17, 15) is 4.79 Å². The molecular formula is C15H25N3O. The lowest BCUT2D eigenvalue weighted by Gasteiger charge is -2.14. The highest BCUT2D eigenvalue weighted by Crippen LogP contribution is 2.18. The van der Waals surface area contributed by atoms with Crippen molar-refractivity contribution >= 4 is 11.6 Å². The van der Waals surface area contributed by atoms with Crippen molar-refractivity contribution < 1.29 is 4.79 Å². The smallest absolute Gasteiger partial charge is 0.137 e. The van der Waals surface area contributed by atoms with E-state index in [-0.39, 0.29) is 5.78 Å². The lowest BCUT2D eigenvalue weighted by Crippen LogP contribution is -2.12. The normalized spacial score (nSPS) is 12.3. The number of nitrogens with zero attached hydrogens (tertiary/aromatic N) is 1. The molecule has 0 amide bonds. The minimum absolute atomic E-state index is 0.234. The van der Waals surface area contributed by atoms with Crippen LogP contribution in [0.4, 0.5) is 5.82 Å². The zero-order chi connectivity index (χ0) is 14.1. The summed E-state index contributed by atoms with van der Waals surface area (Å²) in [5.41, 5.74) is 12.2. The highest BCUT2D eigenvalue weighted by Gasteiger charge is 2.11. The Morgan fingerprint density at radius 2 is 2.16 bits per heavy atom. The highest BCUT2D eigenvalue weighted by atomic mass is 16.1. The minimum Gasteiger partial charge on any atom is -0.383 e. The number of nitrogen functional groups attached to an aromatic ring is 1. The van der Waals surface area contributed by atoms with E-state index in [1.54, 1.807) is 6.20 Å². The Balaban J connectivity index is 2.40. The topological polar surface area (TPSA) is 82.0 Å². The van der Waals surface area contributed by atoms with Gasteiger partial charge >= 0.3 is 0 Å². The van der Waals surface area contributed by atoms with Crippen molar-refractivity contribution in [3.8, 4) is 0 Å². The van der Waals surface area contributed by atoms with Gasteiger partial charge in [0.2, 0.25) is 0 Å². The third-order valence-corrected chi connectivity index (χ3v) is 3.42. The summed E-state index contributed by atoms with van der Waals surface area (Å²) >= 11 is 0. The number of hydrogen-bond acceptors (Lipinski definition) is 4. The van der Waals surface area contributed by atoms with E-state index in [1.165, 1.54) is 0 Å². The summed E-state index contributed by atoms with van der Waals surface area (Å²) in [7, 11) is 0. The maximum atomic E-state index is 12.0. The number of pyridine rings is 1. The summed E-state index contributed by atoms with van der Waals surface area (Å²) in [6, 6.07) is 3.68. The second kappa shape index (κ2) is 8.64. The van der Waals surface area contributed by atoms with Gasteiger partial charge in [0.05, 0.1) is 0 Å². The molecule has 0 bridgehead atoms. The first-order valence-corrected chi connectivity index (χ1v) is 7.08. The van der Waals surface area contributed by atoms with Crippen LogP contribution >= 0.6 is 0 Å². The van der Waals surface area contributed by atoms with E-state index in [0.29, 0.717) is 31.1 Å². The number of carbonyl (C=O) groups is 1. The Bertz CT molecular complexity index is 387. The van der Waals surface area contributed by atoms with Crippen molar-refractivity contribution in [1.82, 2.24) is 4.98 Å². The standard InChI is InChI=1S/C15H25N3O/c1-2-4-12(8-9-16)6-7-14(19)11-13-5-3-10-18-15(13)17/h3,5,10,12H,2,4,6-9,11,16H2,1H3,(H2,17,18). The SMILES string of the molecule is CCCC(CCN)CCC(=O)Cc1cccnc1N. The van der Waals surface area contributed by atoms with Gasteiger partial charge in [0.1, 0.15) is 11.6 Å². The third-order valence-electron chi connectivity index (χ3n) is 3.42. The molecule has 4 N–H and O–H groups in total. The molecule has 1 atom stereocenters. The van der Waals surface area contributed by atoms with Crippen LogP contribution in [0.3, 0.4) is 0 Å². The summed E-state index contributed by atoms with van der Waals surface area (Å²) < 4.78 is 0. The van der Waals surface area contributed by atoms with E-state index in [2.05, 4.69) is 11.9 Å². The third kappa shape index (κ3) is 5.83. The molecule has 0 aliphatic carbocycles. The molecule has 4 heteroatoms. The first-order valence-electron chi connectivity index (χ1n) is 7.08. The Morgan fingerprint density at radius 1 is 1.37 bits per heavy atom. The molecule has 0 radical (unpaired) electrons. The molecule has 0 saturated heterocycles. The lowest BCUT2D eigenvalue weighted by atomic mass is 9.92. The minimum atomic E-state index is 0.234. The number of carbonyl (C=O) groups excluding carboxylic acids is 1. The molecular weight excluding hydrogens is 238 g/mol. The first kappa shape index (κ1) is 15.6. The first-order chi connectivity index (χ1) is 9.17. The Morgan fingerprint density at radius 3 is 2.79 bits per heavy atom. The monoisotopic (exact) mass is 263 g/mol. The summed E-state index contributed by atoms with van der Waals surface area (Å²) in [5, 5.41) is 0. The fraction of sp³-hybridized carbons (Fsp3) is 0.600. The molecule has 1 unspecified atom stereocenters. The van der Waals surface area contributed by atoms with Gasteiger partial charge in [-0.05, 0) is 31.4 Å². The second-order valence-electron chi connectivity index (χ2n) is 5.03. The zero-order valence-corrected chi connectivity index (χ0v) is 11.8. The van der Waals surface area contributed by atoms with Gasteiger partial charge in [-0.2, -0.15) is 0 Å². The van der Waals surface area contributed by atoms with Crippen molar-refractivity contribution in [3.63, 3.8) is 0 Å². The predicted octanol–water partition coefficient (Wildman–Crippen LogP) is 2.32. The molecule has 0 aromatic carbocycles. The largest absolute Gasteiger partial charge is 0.383 e. The van der Waals surface area contributed by atoms with Gasteiger partial charge in [0.25, 0.3) is 0 Å². The van der Waals surface area contributed by atoms with Crippen LogP contribution in [-0.4, -0.2) is 17.3 Å². The van der Waals surface area contributed by atoms with Gasteiger partial charge in [0, 0.05) is 24.6 Å². The van der Waals surface area contributed by atoms with Crippen LogP contribution in [0.2, 0.25) is 0 Å². The van der Waals surface area contributed by atoms with Gasteiger partial charge in [-0.1, -0.05) is 25.8 Å². The Hall–Kier alpha value is -1.42. The van der Waals surface area contributed by atoms with Crippen LogP contribution in [0.15, 0.2) is 18.3 Å². The van der Waals surface area contributed by atoms with E-state index >= 15 is 0 Å². The van der Waals surface area contributed by atoms with E-state index in [4.69, 9.17) is 11.5 Å². The molecule has 106 valence electrons. The summed E-state index contributed by atoms with van der Waals surface area (Å²) in [4.78, 5) is 16.0. The van der Waals surface area contributed by atoms with Crippen LogP contribution in [-0.2, 0) is 11.2 Å². The predicted molar refractivity (Wildman–Crippen MR) is 78.7 cm³/mol. The molecule has 1 heterocycles. The van der Waals surface area contributed by atoms with E-state index in [1.807, 2.05) is 12.1 Å². The summed E-state index contributed by atoms with van der Waals surface area (Å²) in [6.07, 6.45) is 6.89. The van der Waals surface area contributed by atoms with Crippen LogP contribution in [0.1, 0.15) is 44.6 Å². The van der Waals surface area contributed by atoms with Crippen molar-refractivity contribution in [1.29, 1.82) is 0 Å². The van der Waals surface area contributed by atoms with Gasteiger partial charge < -0.3 is 11.5 Å². The number of aromatic nitrogens is 1. The summed E-state index contributed by atoms with van der Waals surface area (Å²) in [5.74, 6) is 1.27. The molecule has 0 spiro atoms.